The fourth-order valence-corrected chi connectivity index (χ4v) is 2.72. The third-order valence-corrected chi connectivity index (χ3v) is 4.24. The summed E-state index contributed by atoms with van der Waals surface area (Å²) in [6.45, 7) is 0. The maximum atomic E-state index is 12.2. The molecule has 0 aliphatic carbocycles. The Morgan fingerprint density at radius 3 is 2.27 bits per heavy atom. The van der Waals surface area contributed by atoms with Crippen molar-refractivity contribution in [1.29, 1.82) is 0 Å². The van der Waals surface area contributed by atoms with Crippen molar-refractivity contribution in [2.75, 3.05) is 14.2 Å². The van der Waals surface area contributed by atoms with E-state index in [1.807, 2.05) is 48.5 Å². The Hall–Kier alpha value is -2.90. The molecule has 0 aromatic heterocycles. The Morgan fingerprint density at radius 1 is 1.04 bits per heavy atom. The number of rotatable bonds is 6. The van der Waals surface area contributed by atoms with Gasteiger partial charge in [0.1, 0.15) is 17.5 Å². The third kappa shape index (κ3) is 4.38. The minimum atomic E-state index is -0.352. The standard InChI is InChI=1S/C19H22N4O3/c1-25-15-7-3-13(4-8-15)12-20-23-19(24)18-11-17(21-22-18)14-5-9-16(26-2)10-6-14/h3-10,12,17-18,21-22H,11H2,1-2H3,(H,23,24)/b20-12+. The molecule has 2 aromatic carbocycles. The van der Waals surface area contributed by atoms with E-state index in [2.05, 4.69) is 21.4 Å². The van der Waals surface area contributed by atoms with Crippen LogP contribution >= 0.6 is 0 Å². The van der Waals surface area contributed by atoms with Gasteiger partial charge >= 0.3 is 0 Å². The lowest BCUT2D eigenvalue weighted by Gasteiger charge is -2.10. The molecular formula is C19H22N4O3. The van der Waals surface area contributed by atoms with Gasteiger partial charge in [-0.05, 0) is 53.9 Å². The molecule has 3 N–H and O–H groups in total. The molecule has 0 radical (unpaired) electrons. The van der Waals surface area contributed by atoms with E-state index in [-0.39, 0.29) is 18.0 Å². The minimum Gasteiger partial charge on any atom is -0.497 e. The molecule has 136 valence electrons. The highest BCUT2D eigenvalue weighted by molar-refractivity contribution is 5.85. The summed E-state index contributed by atoms with van der Waals surface area (Å²) < 4.78 is 10.3. The van der Waals surface area contributed by atoms with Gasteiger partial charge < -0.3 is 9.47 Å². The van der Waals surface area contributed by atoms with Crippen molar-refractivity contribution in [2.24, 2.45) is 5.10 Å². The van der Waals surface area contributed by atoms with Crippen molar-refractivity contribution in [2.45, 2.75) is 18.5 Å². The number of hydrazine groups is 1. The van der Waals surface area contributed by atoms with Crippen molar-refractivity contribution < 1.29 is 14.3 Å². The zero-order valence-electron chi connectivity index (χ0n) is 14.7. The van der Waals surface area contributed by atoms with Crippen LogP contribution in [0.2, 0.25) is 0 Å². The number of hydrogen-bond acceptors (Lipinski definition) is 6. The minimum absolute atomic E-state index is 0.0576. The van der Waals surface area contributed by atoms with Gasteiger partial charge in [0.05, 0.1) is 20.4 Å². The first-order chi connectivity index (χ1) is 12.7. The van der Waals surface area contributed by atoms with E-state index in [0.29, 0.717) is 6.42 Å². The molecule has 1 fully saturated rings. The Labute approximate surface area is 152 Å². The average molecular weight is 354 g/mol. The number of nitrogens with one attached hydrogen (secondary N) is 3. The van der Waals surface area contributed by atoms with E-state index in [1.165, 1.54) is 0 Å². The highest BCUT2D eigenvalue weighted by Crippen LogP contribution is 2.24. The van der Waals surface area contributed by atoms with E-state index in [4.69, 9.17) is 9.47 Å². The molecule has 0 saturated carbocycles. The zero-order valence-corrected chi connectivity index (χ0v) is 14.7. The number of ether oxygens (including phenoxy) is 2. The Morgan fingerprint density at radius 2 is 1.65 bits per heavy atom. The lowest BCUT2D eigenvalue weighted by atomic mass is 10.0. The molecule has 3 rings (SSSR count). The van der Waals surface area contributed by atoms with Crippen molar-refractivity contribution in [1.82, 2.24) is 16.3 Å². The fourth-order valence-electron chi connectivity index (χ4n) is 2.72. The molecule has 7 heteroatoms. The van der Waals surface area contributed by atoms with Crippen molar-refractivity contribution in [3.8, 4) is 11.5 Å². The molecule has 1 aliphatic heterocycles. The van der Waals surface area contributed by atoms with Crippen LogP contribution in [0.5, 0.6) is 11.5 Å². The van der Waals surface area contributed by atoms with Crippen LogP contribution in [0, 0.1) is 0 Å². The predicted octanol–water partition coefficient (Wildman–Crippen LogP) is 1.76. The van der Waals surface area contributed by atoms with Gasteiger partial charge in [0.25, 0.3) is 5.91 Å². The van der Waals surface area contributed by atoms with Crippen LogP contribution in [0.15, 0.2) is 53.6 Å². The molecule has 1 amide bonds. The first kappa shape index (κ1) is 17.9. The van der Waals surface area contributed by atoms with Gasteiger partial charge in [-0.2, -0.15) is 5.10 Å². The van der Waals surface area contributed by atoms with Crippen LogP contribution in [-0.2, 0) is 4.79 Å². The summed E-state index contributed by atoms with van der Waals surface area (Å²) in [4.78, 5) is 12.2. The molecule has 1 aliphatic rings. The van der Waals surface area contributed by atoms with Gasteiger partial charge in [-0.15, -0.1) is 0 Å². The number of nitrogens with zero attached hydrogens (tertiary/aromatic N) is 1. The molecule has 1 saturated heterocycles. The Kier molecular flexibility index (Phi) is 5.83. The normalized spacial score (nSPS) is 19.5. The van der Waals surface area contributed by atoms with E-state index in [9.17, 15) is 4.79 Å². The smallest absolute Gasteiger partial charge is 0.258 e. The van der Waals surface area contributed by atoms with Gasteiger partial charge in [0.2, 0.25) is 0 Å². The first-order valence-electron chi connectivity index (χ1n) is 8.31. The molecule has 2 unspecified atom stereocenters. The predicted molar refractivity (Wildman–Crippen MR) is 99.1 cm³/mol. The number of carbonyl (C=O) groups is 1. The highest BCUT2D eigenvalue weighted by atomic mass is 16.5. The number of hydrogen-bond donors (Lipinski definition) is 3. The average Bonchev–Trinajstić information content (AvgIpc) is 3.19. The first-order valence-corrected chi connectivity index (χ1v) is 8.31. The lowest BCUT2D eigenvalue weighted by Crippen LogP contribution is -2.41. The van der Waals surface area contributed by atoms with E-state index >= 15 is 0 Å². The number of amides is 1. The number of benzene rings is 2. The number of carbonyl (C=O) groups excluding carboxylic acids is 1. The van der Waals surface area contributed by atoms with Crippen LogP contribution in [0.4, 0.5) is 0 Å². The topological polar surface area (TPSA) is 84.0 Å². The summed E-state index contributed by atoms with van der Waals surface area (Å²) in [6.07, 6.45) is 2.23. The van der Waals surface area contributed by atoms with Crippen molar-refractivity contribution in [3.63, 3.8) is 0 Å². The van der Waals surface area contributed by atoms with Gasteiger partial charge in [-0.3, -0.25) is 4.79 Å². The second kappa shape index (κ2) is 8.46. The summed E-state index contributed by atoms with van der Waals surface area (Å²) in [6, 6.07) is 14.9. The van der Waals surface area contributed by atoms with Gasteiger partial charge in [0, 0.05) is 6.04 Å². The van der Waals surface area contributed by atoms with Gasteiger partial charge in [0.15, 0.2) is 0 Å². The van der Waals surface area contributed by atoms with Gasteiger partial charge in [-0.25, -0.2) is 16.3 Å². The SMILES string of the molecule is COc1ccc(/C=N/NC(=O)C2CC(c3ccc(OC)cc3)NN2)cc1. The summed E-state index contributed by atoms with van der Waals surface area (Å²) in [5, 5.41) is 4.01. The maximum Gasteiger partial charge on any atom is 0.258 e. The summed E-state index contributed by atoms with van der Waals surface area (Å²) in [7, 11) is 3.25. The van der Waals surface area contributed by atoms with Crippen LogP contribution in [0.3, 0.4) is 0 Å². The monoisotopic (exact) mass is 354 g/mol. The maximum absolute atomic E-state index is 12.2. The van der Waals surface area contributed by atoms with E-state index in [0.717, 1.165) is 22.6 Å². The van der Waals surface area contributed by atoms with Crippen LogP contribution < -0.4 is 25.8 Å². The van der Waals surface area contributed by atoms with E-state index < -0.39 is 0 Å². The molecule has 0 spiro atoms. The Bertz CT molecular complexity index is 759. The quantitative estimate of drug-likeness (QED) is 0.544. The van der Waals surface area contributed by atoms with Crippen LogP contribution in [-0.4, -0.2) is 32.4 Å². The van der Waals surface area contributed by atoms with Crippen molar-refractivity contribution in [3.05, 3.63) is 59.7 Å². The molecular weight excluding hydrogens is 332 g/mol. The summed E-state index contributed by atoms with van der Waals surface area (Å²) >= 11 is 0. The van der Waals surface area contributed by atoms with Crippen molar-refractivity contribution >= 4 is 12.1 Å². The number of hydrazone groups is 1. The van der Waals surface area contributed by atoms with E-state index in [1.54, 1.807) is 20.4 Å². The Balaban J connectivity index is 1.51. The lowest BCUT2D eigenvalue weighted by molar-refractivity contribution is -0.122. The second-order valence-corrected chi connectivity index (χ2v) is 5.91. The fraction of sp³-hybridized carbons (Fsp3) is 0.263. The molecule has 26 heavy (non-hydrogen) atoms. The number of methoxy groups -OCH3 is 2. The highest BCUT2D eigenvalue weighted by Gasteiger charge is 2.29. The molecule has 2 atom stereocenters. The largest absolute Gasteiger partial charge is 0.497 e. The summed E-state index contributed by atoms with van der Waals surface area (Å²) in [5.74, 6) is 1.40. The second-order valence-electron chi connectivity index (χ2n) is 5.91. The molecule has 2 aromatic rings. The van der Waals surface area contributed by atoms with Crippen LogP contribution in [0.25, 0.3) is 0 Å². The molecule has 0 bridgehead atoms. The zero-order chi connectivity index (χ0) is 18.4. The van der Waals surface area contributed by atoms with Crippen LogP contribution in [0.1, 0.15) is 23.6 Å². The third-order valence-electron chi connectivity index (χ3n) is 4.24. The molecule has 1 heterocycles. The summed E-state index contributed by atoms with van der Waals surface area (Å²) in [5.41, 5.74) is 10.7. The van der Waals surface area contributed by atoms with Gasteiger partial charge in [-0.1, -0.05) is 12.1 Å². The molecule has 7 nitrogen and oxygen atoms in total.